The van der Waals surface area contributed by atoms with Gasteiger partial charge in [-0.2, -0.15) is 0 Å². The van der Waals surface area contributed by atoms with Gasteiger partial charge in [-0.3, -0.25) is 4.79 Å². The highest BCUT2D eigenvalue weighted by Gasteiger charge is 2.37. The Labute approximate surface area is 184 Å². The first kappa shape index (κ1) is 22.1. The van der Waals surface area contributed by atoms with E-state index in [1.165, 1.54) is 16.7 Å². The van der Waals surface area contributed by atoms with Gasteiger partial charge in [-0.05, 0) is 29.7 Å². The summed E-state index contributed by atoms with van der Waals surface area (Å²) in [5, 5.41) is 6.37. The molecule has 0 spiro atoms. The van der Waals surface area contributed by atoms with Crippen molar-refractivity contribution in [1.82, 2.24) is 10.6 Å². The van der Waals surface area contributed by atoms with Crippen molar-refractivity contribution >= 4 is 17.7 Å². The molecule has 30 heavy (non-hydrogen) atoms. The summed E-state index contributed by atoms with van der Waals surface area (Å²) in [6, 6.07) is 31.4. The minimum atomic E-state index is -0.457. The second-order valence-electron chi connectivity index (χ2n) is 7.17. The maximum atomic E-state index is 12.7. The fourth-order valence-corrected chi connectivity index (χ4v) is 4.94. The predicted molar refractivity (Wildman–Crippen MR) is 128 cm³/mol. The minimum absolute atomic E-state index is 0.0606. The van der Waals surface area contributed by atoms with Crippen LogP contribution in [0.5, 0.6) is 0 Å². The first-order valence-electron chi connectivity index (χ1n) is 10.6. The van der Waals surface area contributed by atoms with Crippen LogP contribution >= 0.6 is 11.8 Å². The Hall–Kier alpha value is -2.56. The largest absolute Gasteiger partial charge is 0.354 e. The van der Waals surface area contributed by atoms with Gasteiger partial charge in [0.2, 0.25) is 5.91 Å². The van der Waals surface area contributed by atoms with Gasteiger partial charge in [0.1, 0.15) is 0 Å². The van der Waals surface area contributed by atoms with Crippen molar-refractivity contribution in [3.63, 3.8) is 0 Å². The molecule has 0 saturated carbocycles. The molecule has 0 aromatic heterocycles. The van der Waals surface area contributed by atoms with Gasteiger partial charge in [0, 0.05) is 13.1 Å². The van der Waals surface area contributed by atoms with Crippen molar-refractivity contribution in [3.8, 4) is 0 Å². The predicted octanol–water partition coefficient (Wildman–Crippen LogP) is 4.83. The smallest absolute Gasteiger partial charge is 0.230 e. The molecule has 0 heterocycles. The van der Waals surface area contributed by atoms with E-state index < -0.39 is 4.75 Å². The number of thioether (sulfide) groups is 1. The van der Waals surface area contributed by atoms with E-state index in [1.807, 2.05) is 18.2 Å². The van der Waals surface area contributed by atoms with Gasteiger partial charge in [-0.25, -0.2) is 0 Å². The van der Waals surface area contributed by atoms with Crippen LogP contribution in [0.4, 0.5) is 0 Å². The van der Waals surface area contributed by atoms with E-state index in [0.717, 1.165) is 19.5 Å². The van der Waals surface area contributed by atoms with E-state index in [2.05, 4.69) is 90.4 Å². The summed E-state index contributed by atoms with van der Waals surface area (Å²) in [6.07, 6.45) is 1.09. The first-order valence-corrected chi connectivity index (χ1v) is 11.5. The molecule has 0 atom stereocenters. The van der Waals surface area contributed by atoms with E-state index in [4.69, 9.17) is 0 Å². The summed E-state index contributed by atoms with van der Waals surface area (Å²) < 4.78 is -0.457. The maximum absolute atomic E-state index is 12.7. The van der Waals surface area contributed by atoms with E-state index in [0.29, 0.717) is 12.3 Å². The molecule has 0 aliphatic carbocycles. The Morgan fingerprint density at radius 2 is 1.20 bits per heavy atom. The van der Waals surface area contributed by atoms with Gasteiger partial charge >= 0.3 is 0 Å². The third-order valence-corrected chi connectivity index (χ3v) is 6.56. The molecule has 3 rings (SSSR count). The highest BCUT2D eigenvalue weighted by molar-refractivity contribution is 8.01. The molecule has 2 N–H and O–H groups in total. The molecule has 1 amide bonds. The van der Waals surface area contributed by atoms with Gasteiger partial charge in [0.05, 0.1) is 10.5 Å². The number of rotatable bonds is 11. The second kappa shape index (κ2) is 11.6. The van der Waals surface area contributed by atoms with Crippen molar-refractivity contribution in [2.45, 2.75) is 18.1 Å². The highest BCUT2D eigenvalue weighted by atomic mass is 32.2. The van der Waals surface area contributed by atoms with Crippen LogP contribution in [0.1, 0.15) is 30.0 Å². The fourth-order valence-electron chi connectivity index (χ4n) is 3.59. The molecule has 0 aliphatic heterocycles. The van der Waals surface area contributed by atoms with E-state index >= 15 is 0 Å². The molecule has 0 saturated heterocycles. The van der Waals surface area contributed by atoms with Crippen LogP contribution in [0.3, 0.4) is 0 Å². The number of carbonyl (C=O) groups excluding carboxylic acids is 1. The number of hydrogen-bond acceptors (Lipinski definition) is 3. The lowest BCUT2D eigenvalue weighted by Crippen LogP contribution is -2.35. The third-order valence-electron chi connectivity index (χ3n) is 5.01. The summed E-state index contributed by atoms with van der Waals surface area (Å²) in [5.74, 6) is 0.442. The Morgan fingerprint density at radius 1 is 0.733 bits per heavy atom. The van der Waals surface area contributed by atoms with Crippen molar-refractivity contribution in [1.29, 1.82) is 0 Å². The molecule has 0 fully saturated rings. The van der Waals surface area contributed by atoms with E-state index in [9.17, 15) is 4.79 Å². The first-order chi connectivity index (χ1) is 14.8. The van der Waals surface area contributed by atoms with Crippen LogP contribution in [0.25, 0.3) is 0 Å². The van der Waals surface area contributed by atoms with Gasteiger partial charge in [-0.15, -0.1) is 11.8 Å². The number of nitrogens with one attached hydrogen (secondary N) is 2. The number of benzene rings is 3. The van der Waals surface area contributed by atoms with Crippen LogP contribution < -0.4 is 10.6 Å². The van der Waals surface area contributed by atoms with E-state index in [1.54, 1.807) is 11.8 Å². The lowest BCUT2D eigenvalue weighted by atomic mass is 9.84. The number of hydrogen-bond donors (Lipinski definition) is 2. The van der Waals surface area contributed by atoms with Crippen molar-refractivity contribution in [3.05, 3.63) is 108 Å². The molecule has 3 aromatic carbocycles. The topological polar surface area (TPSA) is 41.1 Å². The van der Waals surface area contributed by atoms with Crippen LogP contribution in [0.15, 0.2) is 91.0 Å². The van der Waals surface area contributed by atoms with Gasteiger partial charge in [-0.1, -0.05) is 97.9 Å². The molecule has 3 nitrogen and oxygen atoms in total. The van der Waals surface area contributed by atoms with Gasteiger partial charge in [0.15, 0.2) is 0 Å². The Bertz CT molecular complexity index is 788. The van der Waals surface area contributed by atoms with Gasteiger partial charge in [0.25, 0.3) is 0 Å². The molecule has 0 radical (unpaired) electrons. The number of amides is 1. The molecule has 0 unspecified atom stereocenters. The fraction of sp³-hybridized carbons (Fsp3) is 0.269. The average Bonchev–Trinajstić information content (AvgIpc) is 2.81. The van der Waals surface area contributed by atoms with Crippen LogP contribution in [-0.4, -0.2) is 31.3 Å². The highest BCUT2D eigenvalue weighted by Crippen LogP contribution is 2.48. The maximum Gasteiger partial charge on any atom is 0.230 e. The Kier molecular flexibility index (Phi) is 8.54. The number of carbonyl (C=O) groups is 1. The normalized spacial score (nSPS) is 11.2. The zero-order valence-corrected chi connectivity index (χ0v) is 18.3. The Balaban J connectivity index is 1.89. The van der Waals surface area contributed by atoms with Crippen molar-refractivity contribution in [2.75, 3.05) is 25.4 Å². The average molecular weight is 419 g/mol. The third kappa shape index (κ3) is 5.53. The molecule has 0 aliphatic rings. The molecular formula is C26H30N2OS. The zero-order chi connectivity index (χ0) is 21.1. The molecule has 3 aromatic rings. The van der Waals surface area contributed by atoms with E-state index in [-0.39, 0.29) is 5.91 Å². The van der Waals surface area contributed by atoms with Crippen LogP contribution in [0, 0.1) is 0 Å². The second-order valence-corrected chi connectivity index (χ2v) is 8.36. The standard InChI is InChI=1S/C26H30N2OS/c1-2-18-27-19-20-28-25(29)21-30-26(22-12-6-3-7-13-22,23-14-8-4-9-15-23)24-16-10-5-11-17-24/h3-17,27H,2,18-21H2,1H3,(H,28,29). The van der Waals surface area contributed by atoms with Crippen LogP contribution in [-0.2, 0) is 9.54 Å². The van der Waals surface area contributed by atoms with Crippen molar-refractivity contribution in [2.24, 2.45) is 0 Å². The summed E-state index contributed by atoms with van der Waals surface area (Å²) in [5.41, 5.74) is 3.51. The minimum Gasteiger partial charge on any atom is -0.354 e. The summed E-state index contributed by atoms with van der Waals surface area (Å²) >= 11 is 1.67. The lowest BCUT2D eigenvalue weighted by Gasteiger charge is -2.35. The summed E-state index contributed by atoms with van der Waals surface area (Å²) in [6.45, 7) is 4.56. The van der Waals surface area contributed by atoms with Gasteiger partial charge < -0.3 is 10.6 Å². The molecule has 156 valence electrons. The molecular weight excluding hydrogens is 388 g/mol. The summed E-state index contributed by atoms with van der Waals surface area (Å²) in [7, 11) is 0. The molecule has 0 bridgehead atoms. The monoisotopic (exact) mass is 418 g/mol. The SMILES string of the molecule is CCCNCCNC(=O)CSC(c1ccccc1)(c1ccccc1)c1ccccc1. The van der Waals surface area contributed by atoms with Crippen molar-refractivity contribution < 1.29 is 4.79 Å². The van der Waals surface area contributed by atoms with Crippen LogP contribution in [0.2, 0.25) is 0 Å². The lowest BCUT2D eigenvalue weighted by molar-refractivity contribution is -0.118. The Morgan fingerprint density at radius 3 is 1.63 bits per heavy atom. The summed E-state index contributed by atoms with van der Waals surface area (Å²) in [4.78, 5) is 12.7. The molecule has 4 heteroatoms. The quantitative estimate of drug-likeness (QED) is 0.346. The zero-order valence-electron chi connectivity index (χ0n) is 17.5.